The molecule has 5 nitrogen and oxygen atoms in total. The van der Waals surface area contributed by atoms with E-state index < -0.39 is 21.7 Å². The molecule has 134 valence electrons. The van der Waals surface area contributed by atoms with Gasteiger partial charge in [0.2, 0.25) is 10.0 Å². The van der Waals surface area contributed by atoms with Gasteiger partial charge in [-0.2, -0.15) is 4.31 Å². The van der Waals surface area contributed by atoms with Crippen molar-refractivity contribution in [3.05, 3.63) is 53.7 Å². The molecule has 8 heteroatoms. The Labute approximate surface area is 146 Å². The number of aromatic nitrogens is 1. The van der Waals surface area contributed by atoms with Crippen LogP contribution in [-0.4, -0.2) is 37.8 Å². The lowest BCUT2D eigenvalue weighted by atomic mass is 10.2. The summed E-state index contributed by atoms with van der Waals surface area (Å²) in [4.78, 5) is 6.00. The zero-order valence-corrected chi connectivity index (χ0v) is 14.6. The standard InChI is InChI=1S/C17H19F2N3O2S/c1-21(12-13-4-5-14(18)10-16(13)19)17-7-6-15(11-20-17)25(23,24)22-8-2-3-9-22/h4-7,10-11H,2-3,8-9,12H2,1H3. The van der Waals surface area contributed by atoms with E-state index in [1.807, 2.05) is 0 Å². The maximum absolute atomic E-state index is 13.7. The predicted octanol–water partition coefficient (Wildman–Crippen LogP) is 2.78. The molecular formula is C17H19F2N3O2S. The van der Waals surface area contributed by atoms with Gasteiger partial charge in [-0.3, -0.25) is 0 Å². The molecule has 25 heavy (non-hydrogen) atoms. The van der Waals surface area contributed by atoms with Crippen molar-refractivity contribution in [3.63, 3.8) is 0 Å². The van der Waals surface area contributed by atoms with Gasteiger partial charge in [-0.1, -0.05) is 6.07 Å². The number of hydrogen-bond acceptors (Lipinski definition) is 4. The van der Waals surface area contributed by atoms with Crippen LogP contribution >= 0.6 is 0 Å². The van der Waals surface area contributed by atoms with Gasteiger partial charge in [-0.25, -0.2) is 22.2 Å². The Bertz CT molecular complexity index is 851. The smallest absolute Gasteiger partial charge is 0.244 e. The number of anilines is 1. The molecule has 0 aliphatic carbocycles. The summed E-state index contributed by atoms with van der Waals surface area (Å²) in [6, 6.07) is 6.51. The molecule has 1 aromatic carbocycles. The van der Waals surface area contributed by atoms with Crippen molar-refractivity contribution in [1.82, 2.24) is 9.29 Å². The van der Waals surface area contributed by atoms with Crippen LogP contribution in [0, 0.1) is 11.6 Å². The van der Waals surface area contributed by atoms with Gasteiger partial charge < -0.3 is 4.90 Å². The number of rotatable bonds is 5. The first-order valence-corrected chi connectivity index (χ1v) is 9.43. The minimum Gasteiger partial charge on any atom is -0.355 e. The molecule has 1 aromatic heterocycles. The zero-order chi connectivity index (χ0) is 18.0. The van der Waals surface area contributed by atoms with Crippen LogP contribution in [-0.2, 0) is 16.6 Å². The minimum absolute atomic E-state index is 0.152. The molecule has 0 amide bonds. The third kappa shape index (κ3) is 3.80. The van der Waals surface area contributed by atoms with Gasteiger partial charge in [0.1, 0.15) is 22.3 Å². The monoisotopic (exact) mass is 367 g/mol. The topological polar surface area (TPSA) is 53.5 Å². The molecule has 0 bridgehead atoms. The van der Waals surface area contributed by atoms with E-state index in [-0.39, 0.29) is 11.4 Å². The molecule has 1 saturated heterocycles. The van der Waals surface area contributed by atoms with Gasteiger partial charge >= 0.3 is 0 Å². The molecule has 0 radical (unpaired) electrons. The average molecular weight is 367 g/mol. The van der Waals surface area contributed by atoms with Crippen molar-refractivity contribution < 1.29 is 17.2 Å². The summed E-state index contributed by atoms with van der Waals surface area (Å²) in [5.74, 6) is -0.748. The van der Waals surface area contributed by atoms with Crippen LogP contribution in [0.1, 0.15) is 18.4 Å². The van der Waals surface area contributed by atoms with E-state index in [2.05, 4.69) is 4.98 Å². The number of halogens is 2. The Hall–Kier alpha value is -2.06. The van der Waals surface area contributed by atoms with Crippen LogP contribution in [0.15, 0.2) is 41.4 Å². The number of hydrogen-bond donors (Lipinski definition) is 0. The fourth-order valence-corrected chi connectivity index (χ4v) is 4.28. The minimum atomic E-state index is -3.50. The Kier molecular flexibility index (Phi) is 5.01. The summed E-state index contributed by atoms with van der Waals surface area (Å²) in [5, 5.41) is 0. The molecule has 0 N–H and O–H groups in total. The first-order valence-electron chi connectivity index (χ1n) is 7.99. The van der Waals surface area contributed by atoms with E-state index in [1.54, 1.807) is 18.0 Å². The lowest BCUT2D eigenvalue weighted by Gasteiger charge is -2.20. The second kappa shape index (κ2) is 7.05. The summed E-state index contributed by atoms with van der Waals surface area (Å²) < 4.78 is 53.1. The number of pyridine rings is 1. The lowest BCUT2D eigenvalue weighted by Crippen LogP contribution is -2.28. The van der Waals surface area contributed by atoms with Gasteiger partial charge in [0.15, 0.2) is 0 Å². The van der Waals surface area contributed by atoms with Crippen LogP contribution in [0.2, 0.25) is 0 Å². The van der Waals surface area contributed by atoms with Crippen LogP contribution < -0.4 is 4.90 Å². The molecule has 0 unspecified atom stereocenters. The fourth-order valence-electron chi connectivity index (χ4n) is 2.81. The molecular weight excluding hydrogens is 348 g/mol. The van der Waals surface area contributed by atoms with Crippen LogP contribution in [0.3, 0.4) is 0 Å². The van der Waals surface area contributed by atoms with Crippen LogP contribution in [0.4, 0.5) is 14.6 Å². The highest BCUT2D eigenvalue weighted by Crippen LogP contribution is 2.22. The third-order valence-corrected chi connectivity index (χ3v) is 6.12. The molecule has 3 rings (SSSR count). The summed E-state index contributed by atoms with van der Waals surface area (Å²) in [7, 11) is -1.79. The van der Waals surface area contributed by atoms with E-state index in [1.165, 1.54) is 28.7 Å². The number of nitrogens with zero attached hydrogens (tertiary/aromatic N) is 3. The Morgan fingerprint density at radius 2 is 1.88 bits per heavy atom. The van der Waals surface area contributed by atoms with E-state index in [0.29, 0.717) is 24.5 Å². The average Bonchev–Trinajstić information content (AvgIpc) is 3.13. The van der Waals surface area contributed by atoms with Gasteiger partial charge in [0.05, 0.1) is 0 Å². The van der Waals surface area contributed by atoms with Gasteiger partial charge in [-0.15, -0.1) is 0 Å². The lowest BCUT2D eigenvalue weighted by molar-refractivity contribution is 0.477. The zero-order valence-electron chi connectivity index (χ0n) is 13.8. The number of sulfonamides is 1. The highest BCUT2D eigenvalue weighted by molar-refractivity contribution is 7.89. The molecule has 2 aromatic rings. The molecule has 2 heterocycles. The molecule has 1 aliphatic rings. The molecule has 1 fully saturated rings. The summed E-state index contributed by atoms with van der Waals surface area (Å²) >= 11 is 0. The van der Waals surface area contributed by atoms with E-state index >= 15 is 0 Å². The first kappa shape index (κ1) is 17.8. The molecule has 1 aliphatic heterocycles. The van der Waals surface area contributed by atoms with Gasteiger partial charge in [-0.05, 0) is 31.0 Å². The molecule has 0 atom stereocenters. The summed E-state index contributed by atoms with van der Waals surface area (Å²) in [6.07, 6.45) is 3.06. The summed E-state index contributed by atoms with van der Waals surface area (Å²) in [6.45, 7) is 1.26. The largest absolute Gasteiger partial charge is 0.355 e. The first-order chi connectivity index (χ1) is 11.9. The van der Waals surface area contributed by atoms with Crippen LogP contribution in [0.5, 0.6) is 0 Å². The van der Waals surface area contributed by atoms with Crippen molar-refractivity contribution in [2.45, 2.75) is 24.3 Å². The third-order valence-electron chi connectivity index (χ3n) is 4.24. The van der Waals surface area contributed by atoms with Crippen LogP contribution in [0.25, 0.3) is 0 Å². The Morgan fingerprint density at radius 3 is 2.48 bits per heavy atom. The van der Waals surface area contributed by atoms with Crippen molar-refractivity contribution in [2.75, 3.05) is 25.0 Å². The van der Waals surface area contributed by atoms with Crippen molar-refractivity contribution >= 4 is 15.8 Å². The normalized spacial score (nSPS) is 15.5. The molecule has 0 saturated carbocycles. The summed E-state index contributed by atoms with van der Waals surface area (Å²) in [5.41, 5.74) is 0.333. The quantitative estimate of drug-likeness (QED) is 0.816. The van der Waals surface area contributed by atoms with E-state index in [4.69, 9.17) is 0 Å². The van der Waals surface area contributed by atoms with Crippen molar-refractivity contribution in [3.8, 4) is 0 Å². The second-order valence-corrected chi connectivity index (χ2v) is 7.99. The highest BCUT2D eigenvalue weighted by Gasteiger charge is 2.27. The van der Waals surface area contributed by atoms with Crippen molar-refractivity contribution in [2.24, 2.45) is 0 Å². The predicted molar refractivity (Wildman–Crippen MR) is 90.7 cm³/mol. The van der Waals surface area contributed by atoms with E-state index in [9.17, 15) is 17.2 Å². The Balaban J connectivity index is 1.75. The maximum atomic E-state index is 13.7. The Morgan fingerprint density at radius 1 is 1.16 bits per heavy atom. The van der Waals surface area contributed by atoms with E-state index in [0.717, 1.165) is 18.9 Å². The van der Waals surface area contributed by atoms with Crippen molar-refractivity contribution in [1.29, 1.82) is 0 Å². The second-order valence-electron chi connectivity index (χ2n) is 6.06. The highest BCUT2D eigenvalue weighted by atomic mass is 32.2. The van der Waals surface area contributed by atoms with Gasteiger partial charge in [0.25, 0.3) is 0 Å². The SMILES string of the molecule is CN(Cc1ccc(F)cc1F)c1ccc(S(=O)(=O)N2CCCC2)cn1. The molecule has 0 spiro atoms. The maximum Gasteiger partial charge on any atom is 0.244 e. The number of benzene rings is 1. The van der Waals surface area contributed by atoms with Gasteiger partial charge in [0, 0.05) is 44.5 Å². The fraction of sp³-hybridized carbons (Fsp3) is 0.353.